The van der Waals surface area contributed by atoms with E-state index in [4.69, 9.17) is 11.6 Å². The highest BCUT2D eigenvalue weighted by molar-refractivity contribution is 6.31. The number of aromatic nitrogens is 1. The fourth-order valence-corrected chi connectivity index (χ4v) is 3.06. The van der Waals surface area contributed by atoms with Crippen LogP contribution in [0.25, 0.3) is 0 Å². The van der Waals surface area contributed by atoms with Crippen LogP contribution in [-0.2, 0) is 11.3 Å². The number of carbonyl (C=O) groups is 1. The van der Waals surface area contributed by atoms with E-state index in [2.05, 4.69) is 10.3 Å². The van der Waals surface area contributed by atoms with Crippen molar-refractivity contribution in [2.24, 2.45) is 5.92 Å². The van der Waals surface area contributed by atoms with E-state index in [9.17, 15) is 4.79 Å². The summed E-state index contributed by atoms with van der Waals surface area (Å²) >= 11 is 6.09. The zero-order chi connectivity index (χ0) is 12.5. The molecule has 96 valence electrons. The smallest absolute Gasteiger partial charge is 0.227 e. The minimum Gasteiger partial charge on any atom is -0.336 e. The number of piperidine rings is 1. The number of fused-ring (bicyclic) bond motifs is 1. The SMILES string of the molecule is O=C1C2CCCNC2CN1Cc1ccncc1Cl. The van der Waals surface area contributed by atoms with Gasteiger partial charge in [-0.3, -0.25) is 9.78 Å². The maximum atomic E-state index is 12.3. The lowest BCUT2D eigenvalue weighted by atomic mass is 9.94. The van der Waals surface area contributed by atoms with Crippen LogP contribution in [-0.4, -0.2) is 34.9 Å². The molecule has 2 saturated heterocycles. The van der Waals surface area contributed by atoms with Gasteiger partial charge in [-0.2, -0.15) is 0 Å². The molecule has 0 saturated carbocycles. The molecule has 1 N–H and O–H groups in total. The molecule has 18 heavy (non-hydrogen) atoms. The highest BCUT2D eigenvalue weighted by Gasteiger charge is 2.41. The standard InChI is InChI=1S/C13H16ClN3O/c14-11-6-15-5-3-9(11)7-17-8-12-10(13(17)18)2-1-4-16-12/h3,5-6,10,12,16H,1-2,4,7-8H2. The van der Waals surface area contributed by atoms with E-state index < -0.39 is 0 Å². The Morgan fingerprint density at radius 1 is 1.56 bits per heavy atom. The molecule has 3 rings (SSSR count). The summed E-state index contributed by atoms with van der Waals surface area (Å²) in [5.41, 5.74) is 0.971. The predicted molar refractivity (Wildman–Crippen MR) is 69.2 cm³/mol. The number of rotatable bonds is 2. The topological polar surface area (TPSA) is 45.2 Å². The first kappa shape index (κ1) is 11.9. The van der Waals surface area contributed by atoms with E-state index in [1.165, 1.54) is 0 Å². The van der Waals surface area contributed by atoms with Gasteiger partial charge in [0.05, 0.1) is 10.9 Å². The molecule has 0 aliphatic carbocycles. The number of likely N-dealkylation sites (tertiary alicyclic amines) is 1. The number of nitrogens with zero attached hydrogens (tertiary/aromatic N) is 2. The molecule has 2 aliphatic rings. The van der Waals surface area contributed by atoms with E-state index in [0.29, 0.717) is 17.6 Å². The summed E-state index contributed by atoms with van der Waals surface area (Å²) < 4.78 is 0. The summed E-state index contributed by atoms with van der Waals surface area (Å²) in [6.45, 7) is 2.41. The molecular weight excluding hydrogens is 250 g/mol. The first-order valence-corrected chi connectivity index (χ1v) is 6.74. The summed E-state index contributed by atoms with van der Waals surface area (Å²) in [5, 5.41) is 4.07. The molecular formula is C13H16ClN3O. The lowest BCUT2D eigenvalue weighted by Gasteiger charge is -2.23. The molecule has 1 amide bonds. The number of halogens is 1. The second-order valence-corrected chi connectivity index (χ2v) is 5.40. The third-order valence-corrected chi connectivity index (χ3v) is 4.19. The van der Waals surface area contributed by atoms with Gasteiger partial charge in [-0.1, -0.05) is 11.6 Å². The molecule has 1 aromatic heterocycles. The molecule has 2 fully saturated rings. The number of nitrogens with one attached hydrogen (secondary N) is 1. The van der Waals surface area contributed by atoms with Gasteiger partial charge in [0.2, 0.25) is 5.91 Å². The first-order chi connectivity index (χ1) is 8.75. The van der Waals surface area contributed by atoms with Crippen LogP contribution in [0.2, 0.25) is 5.02 Å². The fraction of sp³-hybridized carbons (Fsp3) is 0.538. The number of amides is 1. The fourth-order valence-electron chi connectivity index (χ4n) is 2.88. The third-order valence-electron chi connectivity index (χ3n) is 3.85. The Morgan fingerprint density at radius 3 is 3.22 bits per heavy atom. The monoisotopic (exact) mass is 265 g/mol. The Bertz CT molecular complexity index is 465. The quantitative estimate of drug-likeness (QED) is 0.880. The second kappa shape index (κ2) is 4.86. The lowest BCUT2D eigenvalue weighted by Crippen LogP contribution is -2.41. The van der Waals surface area contributed by atoms with Crippen molar-refractivity contribution in [2.75, 3.05) is 13.1 Å². The second-order valence-electron chi connectivity index (χ2n) is 5.00. The van der Waals surface area contributed by atoms with Gasteiger partial charge in [0.25, 0.3) is 0 Å². The molecule has 0 spiro atoms. The summed E-state index contributed by atoms with van der Waals surface area (Å²) in [6.07, 6.45) is 5.45. The summed E-state index contributed by atoms with van der Waals surface area (Å²) in [6, 6.07) is 2.21. The summed E-state index contributed by atoms with van der Waals surface area (Å²) in [4.78, 5) is 18.2. The van der Waals surface area contributed by atoms with Crippen molar-refractivity contribution in [3.63, 3.8) is 0 Å². The van der Waals surface area contributed by atoms with Gasteiger partial charge < -0.3 is 10.2 Å². The lowest BCUT2D eigenvalue weighted by molar-refractivity contribution is -0.131. The Balaban J connectivity index is 1.74. The molecule has 2 aliphatic heterocycles. The Kier molecular flexibility index (Phi) is 3.22. The van der Waals surface area contributed by atoms with Gasteiger partial charge >= 0.3 is 0 Å². The van der Waals surface area contributed by atoms with Crippen LogP contribution in [0.15, 0.2) is 18.5 Å². The predicted octanol–water partition coefficient (Wildman–Crippen LogP) is 1.45. The van der Waals surface area contributed by atoms with E-state index in [0.717, 1.165) is 31.5 Å². The maximum absolute atomic E-state index is 12.3. The van der Waals surface area contributed by atoms with Crippen LogP contribution in [0.3, 0.4) is 0 Å². The van der Waals surface area contributed by atoms with Crippen molar-refractivity contribution < 1.29 is 4.79 Å². The van der Waals surface area contributed by atoms with Gasteiger partial charge in [0.1, 0.15) is 0 Å². The summed E-state index contributed by atoms with van der Waals surface area (Å²) in [5.74, 6) is 0.430. The maximum Gasteiger partial charge on any atom is 0.227 e. The van der Waals surface area contributed by atoms with Crippen molar-refractivity contribution in [1.82, 2.24) is 15.2 Å². The molecule has 1 aromatic rings. The van der Waals surface area contributed by atoms with Gasteiger partial charge in [-0.05, 0) is 31.0 Å². The average molecular weight is 266 g/mol. The van der Waals surface area contributed by atoms with Crippen molar-refractivity contribution in [3.8, 4) is 0 Å². The number of hydrogen-bond donors (Lipinski definition) is 1. The number of pyridine rings is 1. The van der Waals surface area contributed by atoms with Crippen LogP contribution in [0, 0.1) is 5.92 Å². The van der Waals surface area contributed by atoms with Gasteiger partial charge in [0.15, 0.2) is 0 Å². The normalized spacial score (nSPS) is 27.4. The molecule has 2 atom stereocenters. The zero-order valence-corrected chi connectivity index (χ0v) is 10.9. The van der Waals surface area contributed by atoms with Crippen LogP contribution in [0.5, 0.6) is 0 Å². The van der Waals surface area contributed by atoms with Crippen LogP contribution in [0.4, 0.5) is 0 Å². The van der Waals surface area contributed by atoms with E-state index in [1.54, 1.807) is 12.4 Å². The molecule has 0 bridgehead atoms. The van der Waals surface area contributed by atoms with Gasteiger partial charge in [-0.25, -0.2) is 0 Å². The Labute approximate surface area is 111 Å². The third kappa shape index (κ3) is 2.10. The highest BCUT2D eigenvalue weighted by Crippen LogP contribution is 2.28. The molecule has 2 unspecified atom stereocenters. The first-order valence-electron chi connectivity index (χ1n) is 6.36. The highest BCUT2D eigenvalue weighted by atomic mass is 35.5. The van der Waals surface area contributed by atoms with E-state index in [1.807, 2.05) is 11.0 Å². The van der Waals surface area contributed by atoms with Crippen LogP contribution >= 0.6 is 11.6 Å². The number of hydrogen-bond acceptors (Lipinski definition) is 3. The summed E-state index contributed by atoms with van der Waals surface area (Å²) in [7, 11) is 0. The molecule has 3 heterocycles. The van der Waals surface area contributed by atoms with Gasteiger partial charge in [-0.15, -0.1) is 0 Å². The average Bonchev–Trinajstić information content (AvgIpc) is 2.70. The number of carbonyl (C=O) groups excluding carboxylic acids is 1. The van der Waals surface area contributed by atoms with Crippen LogP contribution < -0.4 is 5.32 Å². The van der Waals surface area contributed by atoms with Crippen LogP contribution in [0.1, 0.15) is 18.4 Å². The molecule has 5 heteroatoms. The Hall–Kier alpha value is -1.13. The van der Waals surface area contributed by atoms with Crippen molar-refractivity contribution in [1.29, 1.82) is 0 Å². The molecule has 4 nitrogen and oxygen atoms in total. The Morgan fingerprint density at radius 2 is 2.44 bits per heavy atom. The van der Waals surface area contributed by atoms with Gasteiger partial charge in [0, 0.05) is 31.5 Å². The van der Waals surface area contributed by atoms with E-state index >= 15 is 0 Å². The largest absolute Gasteiger partial charge is 0.336 e. The molecule has 0 radical (unpaired) electrons. The minimum absolute atomic E-state index is 0.166. The zero-order valence-electron chi connectivity index (χ0n) is 10.1. The minimum atomic E-state index is 0.166. The molecule has 0 aromatic carbocycles. The van der Waals surface area contributed by atoms with E-state index in [-0.39, 0.29) is 11.8 Å². The van der Waals surface area contributed by atoms with Crippen molar-refractivity contribution >= 4 is 17.5 Å². The van der Waals surface area contributed by atoms with Crippen molar-refractivity contribution in [2.45, 2.75) is 25.4 Å². The van der Waals surface area contributed by atoms with Crippen molar-refractivity contribution in [3.05, 3.63) is 29.0 Å².